The molecule has 0 aliphatic carbocycles. The summed E-state index contributed by atoms with van der Waals surface area (Å²) in [7, 11) is 1.66. The molecule has 0 spiro atoms. The van der Waals surface area contributed by atoms with Crippen LogP contribution in [0, 0.1) is 6.92 Å². The molecular weight excluding hydrogens is 208 g/mol. The minimum absolute atomic E-state index is 0.961. The summed E-state index contributed by atoms with van der Waals surface area (Å²) in [5.41, 5.74) is 2.28. The number of aryl methyl sites for hydroxylation is 1. The Morgan fingerprint density at radius 1 is 1.18 bits per heavy atom. The van der Waals surface area contributed by atoms with Crippen molar-refractivity contribution in [3.63, 3.8) is 0 Å². The lowest BCUT2D eigenvalue weighted by atomic mass is 10.2. The van der Waals surface area contributed by atoms with Crippen LogP contribution in [0.3, 0.4) is 0 Å². The van der Waals surface area contributed by atoms with E-state index >= 15 is 0 Å². The standard InChI is InChI=1S/C7H8.C5H10N2.C3H8/c1-7-5-3-2-4-6-7;1-4-5(2)7-6-3;1-3-2/h2-6H,1H3;4H,1-3H3;3H2,1-2H3/b;5-4-,7-6?;. The highest BCUT2D eigenvalue weighted by atomic mass is 15.1. The van der Waals surface area contributed by atoms with Gasteiger partial charge in [-0.25, -0.2) is 0 Å². The molecule has 1 rings (SSSR count). The Morgan fingerprint density at radius 2 is 1.65 bits per heavy atom. The van der Waals surface area contributed by atoms with Crippen molar-refractivity contribution in [2.24, 2.45) is 10.2 Å². The van der Waals surface area contributed by atoms with E-state index in [1.165, 1.54) is 12.0 Å². The second-order valence-corrected chi connectivity index (χ2v) is 3.59. The summed E-state index contributed by atoms with van der Waals surface area (Å²) in [6.45, 7) is 10.2. The molecule has 17 heavy (non-hydrogen) atoms. The van der Waals surface area contributed by atoms with E-state index in [4.69, 9.17) is 0 Å². The molecule has 0 heterocycles. The van der Waals surface area contributed by atoms with Gasteiger partial charge in [0.05, 0.1) is 5.70 Å². The summed E-state index contributed by atoms with van der Waals surface area (Å²) in [5.74, 6) is 0. The Kier molecular flexibility index (Phi) is 15.4. The van der Waals surface area contributed by atoms with Crippen LogP contribution in [0.4, 0.5) is 0 Å². The first-order valence-electron chi connectivity index (χ1n) is 6.06. The van der Waals surface area contributed by atoms with Crippen LogP contribution in [-0.2, 0) is 0 Å². The van der Waals surface area contributed by atoms with Crippen molar-refractivity contribution in [1.82, 2.24) is 0 Å². The topological polar surface area (TPSA) is 24.7 Å². The van der Waals surface area contributed by atoms with Crippen molar-refractivity contribution in [3.8, 4) is 0 Å². The van der Waals surface area contributed by atoms with Crippen molar-refractivity contribution in [2.75, 3.05) is 7.05 Å². The lowest BCUT2D eigenvalue weighted by molar-refractivity contribution is 1.08. The van der Waals surface area contributed by atoms with E-state index in [1.54, 1.807) is 7.05 Å². The fraction of sp³-hybridized carbons (Fsp3) is 0.467. The number of hydrogen-bond acceptors (Lipinski definition) is 2. The molecule has 1 aromatic carbocycles. The largest absolute Gasteiger partial charge is 0.192 e. The average Bonchev–Trinajstić information content (AvgIpc) is 2.32. The molecule has 2 nitrogen and oxygen atoms in total. The fourth-order valence-electron chi connectivity index (χ4n) is 0.750. The maximum Gasteiger partial charge on any atom is 0.0552 e. The van der Waals surface area contributed by atoms with Crippen LogP contribution in [0.15, 0.2) is 52.3 Å². The molecule has 0 aliphatic heterocycles. The molecule has 0 saturated carbocycles. The molecule has 0 aliphatic rings. The second-order valence-electron chi connectivity index (χ2n) is 3.59. The SMILES string of the molecule is C/C=C(/C)N=NC.CCC.Cc1ccccc1. The van der Waals surface area contributed by atoms with E-state index in [1.807, 2.05) is 38.1 Å². The first kappa shape index (κ1) is 17.9. The predicted molar refractivity (Wildman–Crippen MR) is 77.4 cm³/mol. The Bertz CT molecular complexity index is 300. The molecule has 0 aromatic heterocycles. The van der Waals surface area contributed by atoms with Crippen LogP contribution in [0.5, 0.6) is 0 Å². The van der Waals surface area contributed by atoms with Gasteiger partial charge in [-0.3, -0.25) is 0 Å². The number of nitrogens with zero attached hydrogens (tertiary/aromatic N) is 2. The average molecular weight is 234 g/mol. The lowest BCUT2D eigenvalue weighted by Gasteiger charge is -1.82. The highest BCUT2D eigenvalue weighted by Gasteiger charge is 1.72. The van der Waals surface area contributed by atoms with Crippen molar-refractivity contribution in [3.05, 3.63) is 47.7 Å². The fourth-order valence-corrected chi connectivity index (χ4v) is 0.750. The van der Waals surface area contributed by atoms with Gasteiger partial charge < -0.3 is 0 Å². The first-order chi connectivity index (χ1) is 8.12. The van der Waals surface area contributed by atoms with Crippen LogP contribution in [0.2, 0.25) is 0 Å². The molecule has 0 fully saturated rings. The minimum Gasteiger partial charge on any atom is -0.192 e. The Hall–Kier alpha value is -1.44. The molecule has 0 saturated heterocycles. The molecular formula is C15H26N2. The first-order valence-corrected chi connectivity index (χ1v) is 6.06. The molecule has 1 aromatic rings. The van der Waals surface area contributed by atoms with E-state index < -0.39 is 0 Å². The van der Waals surface area contributed by atoms with Gasteiger partial charge in [0.15, 0.2) is 0 Å². The van der Waals surface area contributed by atoms with Gasteiger partial charge in [0.2, 0.25) is 0 Å². The van der Waals surface area contributed by atoms with E-state index in [0.717, 1.165) is 5.70 Å². The van der Waals surface area contributed by atoms with E-state index in [-0.39, 0.29) is 0 Å². The molecule has 0 atom stereocenters. The zero-order chi connectivity index (χ0) is 13.5. The van der Waals surface area contributed by atoms with Crippen molar-refractivity contribution < 1.29 is 0 Å². The molecule has 0 bridgehead atoms. The van der Waals surface area contributed by atoms with Crippen LogP contribution >= 0.6 is 0 Å². The van der Waals surface area contributed by atoms with E-state index in [2.05, 4.69) is 43.1 Å². The van der Waals surface area contributed by atoms with Gasteiger partial charge in [-0.05, 0) is 20.8 Å². The number of allylic oxidation sites excluding steroid dienone is 2. The number of benzene rings is 1. The Balaban J connectivity index is 0. The van der Waals surface area contributed by atoms with Gasteiger partial charge in [0.1, 0.15) is 0 Å². The lowest BCUT2D eigenvalue weighted by Crippen LogP contribution is -1.62. The summed E-state index contributed by atoms with van der Waals surface area (Å²) in [6, 6.07) is 10.3. The van der Waals surface area contributed by atoms with Gasteiger partial charge in [0, 0.05) is 7.05 Å². The Morgan fingerprint density at radius 3 is 1.82 bits per heavy atom. The molecule has 0 radical (unpaired) electrons. The quantitative estimate of drug-likeness (QED) is 0.581. The molecule has 0 N–H and O–H groups in total. The van der Waals surface area contributed by atoms with Gasteiger partial charge >= 0.3 is 0 Å². The molecule has 0 amide bonds. The number of hydrogen-bond donors (Lipinski definition) is 0. The summed E-state index contributed by atoms with van der Waals surface area (Å²) < 4.78 is 0. The summed E-state index contributed by atoms with van der Waals surface area (Å²) >= 11 is 0. The maximum absolute atomic E-state index is 3.73. The van der Waals surface area contributed by atoms with E-state index in [0.29, 0.717) is 0 Å². The highest BCUT2D eigenvalue weighted by Crippen LogP contribution is 1.92. The van der Waals surface area contributed by atoms with E-state index in [9.17, 15) is 0 Å². The minimum atomic E-state index is 0.961. The molecule has 0 unspecified atom stereocenters. The summed E-state index contributed by atoms with van der Waals surface area (Å²) in [5, 5.41) is 7.29. The molecule has 2 heteroatoms. The third kappa shape index (κ3) is 17.2. The van der Waals surface area contributed by atoms with Crippen LogP contribution in [0.25, 0.3) is 0 Å². The van der Waals surface area contributed by atoms with Crippen LogP contribution in [-0.4, -0.2) is 7.05 Å². The third-order valence-corrected chi connectivity index (χ3v) is 1.62. The highest BCUT2D eigenvalue weighted by molar-refractivity contribution is 5.11. The predicted octanol–water partition coefficient (Wildman–Crippen LogP) is 5.40. The normalized spacial score (nSPS) is 10.1. The monoisotopic (exact) mass is 234 g/mol. The number of rotatable bonds is 1. The zero-order valence-electron chi connectivity index (χ0n) is 12.1. The van der Waals surface area contributed by atoms with Crippen LogP contribution < -0.4 is 0 Å². The smallest absolute Gasteiger partial charge is 0.0552 e. The zero-order valence-corrected chi connectivity index (χ0v) is 12.1. The third-order valence-electron chi connectivity index (χ3n) is 1.62. The maximum atomic E-state index is 3.73. The van der Waals surface area contributed by atoms with Gasteiger partial charge in [-0.2, -0.15) is 10.2 Å². The van der Waals surface area contributed by atoms with Crippen molar-refractivity contribution >= 4 is 0 Å². The molecule has 96 valence electrons. The van der Waals surface area contributed by atoms with Gasteiger partial charge in [-0.15, -0.1) is 0 Å². The summed E-state index contributed by atoms with van der Waals surface area (Å²) in [6.07, 6.45) is 3.16. The summed E-state index contributed by atoms with van der Waals surface area (Å²) in [4.78, 5) is 0. The second kappa shape index (κ2) is 14.6. The van der Waals surface area contributed by atoms with Gasteiger partial charge in [0.25, 0.3) is 0 Å². The number of azo groups is 1. The van der Waals surface area contributed by atoms with Crippen LogP contribution in [0.1, 0.15) is 39.7 Å². The van der Waals surface area contributed by atoms with Crippen molar-refractivity contribution in [1.29, 1.82) is 0 Å². The van der Waals surface area contributed by atoms with Gasteiger partial charge in [-0.1, -0.05) is 62.2 Å². The van der Waals surface area contributed by atoms with Crippen molar-refractivity contribution in [2.45, 2.75) is 41.0 Å². The Labute approximate surface area is 106 Å².